The van der Waals surface area contributed by atoms with Crippen molar-refractivity contribution in [2.45, 2.75) is 0 Å². The van der Waals surface area contributed by atoms with Gasteiger partial charge in [0, 0.05) is 33.7 Å². The number of nitrogens with zero attached hydrogens (tertiary/aromatic N) is 3. The molecule has 8 aromatic carbocycles. The monoisotopic (exact) mass is 713 g/mol. The third-order valence-electron chi connectivity index (χ3n) is 11.1. The second-order valence-electron chi connectivity index (χ2n) is 14.4. The van der Waals surface area contributed by atoms with Gasteiger partial charge in [0.15, 0.2) is 0 Å². The van der Waals surface area contributed by atoms with Gasteiger partial charge in [0.25, 0.3) is 0 Å². The Labute approximate surface area is 325 Å². The number of pyridine rings is 1. The van der Waals surface area contributed by atoms with Crippen molar-refractivity contribution in [3.05, 3.63) is 212 Å². The maximum Gasteiger partial charge on any atom is 0.0963 e. The highest BCUT2D eigenvalue weighted by Crippen LogP contribution is 2.39. The van der Waals surface area contributed by atoms with Crippen molar-refractivity contribution in [2.75, 3.05) is 0 Å². The van der Waals surface area contributed by atoms with E-state index in [0.29, 0.717) is 0 Å². The Balaban J connectivity index is 1.06. The molecule has 0 fully saturated rings. The highest BCUT2D eigenvalue weighted by atomic mass is 15.0. The van der Waals surface area contributed by atoms with E-state index >= 15 is 0 Å². The largest absolute Gasteiger partial charge is 0.309 e. The lowest BCUT2D eigenvalue weighted by Crippen LogP contribution is -1.96. The molecular formula is C53H35N3. The molecule has 0 spiro atoms. The summed E-state index contributed by atoms with van der Waals surface area (Å²) >= 11 is 0. The molecule has 0 bridgehead atoms. The van der Waals surface area contributed by atoms with Crippen LogP contribution < -0.4 is 0 Å². The number of para-hydroxylation sites is 1. The first-order chi connectivity index (χ1) is 27.8. The average molecular weight is 714 g/mol. The predicted molar refractivity (Wildman–Crippen MR) is 235 cm³/mol. The third kappa shape index (κ3) is 5.32. The van der Waals surface area contributed by atoms with E-state index in [1.807, 2.05) is 12.3 Å². The smallest absolute Gasteiger partial charge is 0.0963 e. The van der Waals surface area contributed by atoms with E-state index in [0.717, 1.165) is 38.9 Å². The number of aromatic nitrogens is 3. The summed E-state index contributed by atoms with van der Waals surface area (Å²) < 4.78 is 4.76. The quantitative estimate of drug-likeness (QED) is 0.168. The lowest BCUT2D eigenvalue weighted by atomic mass is 9.98. The summed E-state index contributed by atoms with van der Waals surface area (Å²) in [6, 6.07) is 74.4. The van der Waals surface area contributed by atoms with Crippen LogP contribution in [0.1, 0.15) is 0 Å². The van der Waals surface area contributed by atoms with Gasteiger partial charge in [0.05, 0.1) is 27.6 Å². The molecule has 0 N–H and O–H groups in total. The molecule has 0 aliphatic rings. The Morgan fingerprint density at radius 3 is 1.38 bits per heavy atom. The first-order valence-corrected chi connectivity index (χ1v) is 19.1. The van der Waals surface area contributed by atoms with Crippen molar-refractivity contribution in [3.8, 4) is 55.9 Å². The summed E-state index contributed by atoms with van der Waals surface area (Å²) in [6.45, 7) is 0. The van der Waals surface area contributed by atoms with Gasteiger partial charge in [-0.1, -0.05) is 133 Å². The topological polar surface area (TPSA) is 22.8 Å². The fraction of sp³-hybridized carbons (Fsp3) is 0. The van der Waals surface area contributed by atoms with Crippen molar-refractivity contribution >= 4 is 43.7 Å². The van der Waals surface area contributed by atoms with Crippen LogP contribution in [0.15, 0.2) is 212 Å². The zero-order valence-corrected chi connectivity index (χ0v) is 30.5. The molecule has 0 amide bonds. The number of rotatable bonds is 6. The van der Waals surface area contributed by atoms with Crippen molar-refractivity contribution < 1.29 is 0 Å². The van der Waals surface area contributed by atoms with Crippen LogP contribution in [-0.4, -0.2) is 14.1 Å². The number of benzene rings is 8. The zero-order valence-electron chi connectivity index (χ0n) is 30.5. The summed E-state index contributed by atoms with van der Waals surface area (Å²) in [5.41, 5.74) is 17.4. The molecule has 0 unspecified atom stereocenters. The summed E-state index contributed by atoms with van der Waals surface area (Å²) in [6.07, 6.45) is 1.90. The van der Waals surface area contributed by atoms with Crippen LogP contribution in [-0.2, 0) is 0 Å². The Morgan fingerprint density at radius 1 is 0.268 bits per heavy atom. The summed E-state index contributed by atoms with van der Waals surface area (Å²) in [7, 11) is 0. The molecule has 11 rings (SSSR count). The van der Waals surface area contributed by atoms with Crippen LogP contribution in [0.5, 0.6) is 0 Å². The van der Waals surface area contributed by atoms with Crippen molar-refractivity contribution in [1.82, 2.24) is 14.1 Å². The fourth-order valence-corrected chi connectivity index (χ4v) is 8.49. The minimum absolute atomic E-state index is 1.00. The van der Waals surface area contributed by atoms with Gasteiger partial charge >= 0.3 is 0 Å². The molecule has 3 heterocycles. The standard InChI is InChI=1S/C53H35N3/c1-4-13-36(14-5-1)39-22-26-44(27-23-39)55-51-29-25-41(35-48(51)53-52(55)21-12-30-54-53)40-24-28-50-47(34-40)46-19-10-11-20-49(46)56(50)45-32-42(37-15-6-2-7-16-37)31-43(33-45)38-17-8-3-9-18-38/h1-35H. The van der Waals surface area contributed by atoms with Crippen molar-refractivity contribution in [3.63, 3.8) is 0 Å². The third-order valence-corrected chi connectivity index (χ3v) is 11.1. The molecule has 3 heteroatoms. The van der Waals surface area contributed by atoms with Crippen LogP contribution in [0.2, 0.25) is 0 Å². The maximum absolute atomic E-state index is 4.92. The van der Waals surface area contributed by atoms with Crippen molar-refractivity contribution in [2.24, 2.45) is 0 Å². The molecule has 0 radical (unpaired) electrons. The molecule has 0 saturated carbocycles. The van der Waals surface area contributed by atoms with Crippen LogP contribution in [0.25, 0.3) is 99.6 Å². The van der Waals surface area contributed by atoms with Gasteiger partial charge in [-0.25, -0.2) is 0 Å². The number of hydrogen-bond donors (Lipinski definition) is 0. The van der Waals surface area contributed by atoms with Crippen LogP contribution in [0.3, 0.4) is 0 Å². The van der Waals surface area contributed by atoms with E-state index < -0.39 is 0 Å². The molecule has 0 aliphatic carbocycles. The molecule has 0 saturated heterocycles. The highest BCUT2D eigenvalue weighted by Gasteiger charge is 2.18. The van der Waals surface area contributed by atoms with Gasteiger partial charge in [0.2, 0.25) is 0 Å². The number of fused-ring (bicyclic) bond motifs is 6. The summed E-state index contributed by atoms with van der Waals surface area (Å²) in [5.74, 6) is 0. The van der Waals surface area contributed by atoms with Crippen LogP contribution >= 0.6 is 0 Å². The highest BCUT2D eigenvalue weighted by molar-refractivity contribution is 6.12. The van der Waals surface area contributed by atoms with Gasteiger partial charge < -0.3 is 9.13 Å². The van der Waals surface area contributed by atoms with E-state index in [-0.39, 0.29) is 0 Å². The van der Waals surface area contributed by atoms with Gasteiger partial charge in [0.1, 0.15) is 0 Å². The van der Waals surface area contributed by atoms with E-state index in [1.165, 1.54) is 60.8 Å². The van der Waals surface area contributed by atoms with Crippen LogP contribution in [0.4, 0.5) is 0 Å². The molecule has 0 atom stereocenters. The maximum atomic E-state index is 4.92. The number of hydrogen-bond acceptors (Lipinski definition) is 1. The summed E-state index contributed by atoms with van der Waals surface area (Å²) in [4.78, 5) is 4.92. The summed E-state index contributed by atoms with van der Waals surface area (Å²) in [5, 5.41) is 3.59. The lowest BCUT2D eigenvalue weighted by Gasteiger charge is -2.14. The minimum Gasteiger partial charge on any atom is -0.309 e. The lowest BCUT2D eigenvalue weighted by molar-refractivity contribution is 1.18. The van der Waals surface area contributed by atoms with Gasteiger partial charge in [-0.15, -0.1) is 0 Å². The fourth-order valence-electron chi connectivity index (χ4n) is 8.49. The van der Waals surface area contributed by atoms with Gasteiger partial charge in [-0.2, -0.15) is 0 Å². The normalized spacial score (nSPS) is 11.6. The van der Waals surface area contributed by atoms with Crippen LogP contribution in [0, 0.1) is 0 Å². The van der Waals surface area contributed by atoms with Gasteiger partial charge in [-0.05, 0) is 117 Å². The molecule has 0 aliphatic heterocycles. The van der Waals surface area contributed by atoms with Gasteiger partial charge in [-0.3, -0.25) is 4.98 Å². The Kier molecular flexibility index (Phi) is 7.49. The molecule has 262 valence electrons. The Bertz CT molecular complexity index is 3150. The first-order valence-electron chi connectivity index (χ1n) is 19.1. The van der Waals surface area contributed by atoms with Crippen molar-refractivity contribution in [1.29, 1.82) is 0 Å². The molecule has 3 aromatic heterocycles. The molecule has 3 nitrogen and oxygen atoms in total. The Hall–Kier alpha value is -7.49. The van der Waals surface area contributed by atoms with E-state index in [2.05, 4.69) is 209 Å². The molecule has 11 aromatic rings. The predicted octanol–water partition coefficient (Wildman–Crippen LogP) is 13.9. The minimum atomic E-state index is 1.00. The second kappa shape index (κ2) is 13.1. The van der Waals surface area contributed by atoms with E-state index in [4.69, 9.17) is 4.98 Å². The first kappa shape index (κ1) is 32.0. The zero-order chi connectivity index (χ0) is 37.0. The second-order valence-corrected chi connectivity index (χ2v) is 14.4. The SMILES string of the molecule is c1ccc(-c2ccc(-n3c4ccc(-c5ccc6c(c5)c5ccccc5n6-c5cc(-c6ccccc6)cc(-c6ccccc6)c5)cc4c4ncccc43)cc2)cc1. The molecular weight excluding hydrogens is 679 g/mol. The van der Waals surface area contributed by atoms with E-state index in [9.17, 15) is 0 Å². The average Bonchev–Trinajstić information content (AvgIpc) is 3.79. The Morgan fingerprint density at radius 2 is 0.732 bits per heavy atom. The van der Waals surface area contributed by atoms with E-state index in [1.54, 1.807) is 0 Å². The molecule has 56 heavy (non-hydrogen) atoms.